The van der Waals surface area contributed by atoms with E-state index in [0.29, 0.717) is 29.3 Å². The molecule has 0 spiro atoms. The second-order valence-corrected chi connectivity index (χ2v) is 5.99. The number of para-hydroxylation sites is 1. The van der Waals surface area contributed by atoms with Crippen LogP contribution < -0.4 is 21.3 Å². The van der Waals surface area contributed by atoms with E-state index >= 15 is 0 Å². The highest BCUT2D eigenvalue weighted by atomic mass is 16.5. The zero-order valence-electron chi connectivity index (χ0n) is 14.1. The summed E-state index contributed by atoms with van der Waals surface area (Å²) >= 11 is 0. The van der Waals surface area contributed by atoms with Gasteiger partial charge in [-0.1, -0.05) is 12.1 Å². The Kier molecular flexibility index (Phi) is 3.57. The summed E-state index contributed by atoms with van der Waals surface area (Å²) in [4.78, 5) is 29.1. The molecule has 0 amide bonds. The maximum absolute atomic E-state index is 12.6. The van der Waals surface area contributed by atoms with E-state index in [1.165, 1.54) is 0 Å². The van der Waals surface area contributed by atoms with Gasteiger partial charge >= 0.3 is 5.69 Å². The third-order valence-electron chi connectivity index (χ3n) is 4.44. The molecule has 3 heterocycles. The number of fused-ring (bicyclic) bond motifs is 2. The predicted octanol–water partition coefficient (Wildman–Crippen LogP) is 1.44. The van der Waals surface area contributed by atoms with Crippen molar-refractivity contribution in [2.45, 2.75) is 19.8 Å². The Labute approximate surface area is 147 Å². The number of aromatic amines is 3. The minimum atomic E-state index is -0.624. The van der Waals surface area contributed by atoms with Gasteiger partial charge in [-0.25, -0.2) is 4.79 Å². The van der Waals surface area contributed by atoms with Crippen LogP contribution in [0, 0.1) is 6.92 Å². The number of nitrogens with one attached hydrogen (secondary N) is 4. The molecule has 134 valence electrons. The van der Waals surface area contributed by atoms with E-state index in [4.69, 9.17) is 4.74 Å². The number of aryl methyl sites for hydroxylation is 1. The Balaban J connectivity index is 2.03. The number of H-pyrrole nitrogens is 3. The van der Waals surface area contributed by atoms with Crippen molar-refractivity contribution in [2.24, 2.45) is 0 Å². The number of aromatic hydroxyl groups is 1. The summed E-state index contributed by atoms with van der Waals surface area (Å²) in [5.74, 6) is 0.394. The van der Waals surface area contributed by atoms with Gasteiger partial charge in [0, 0.05) is 16.8 Å². The number of phenolic OH excluding ortho intramolecular Hbond substituents is 1. The minimum absolute atomic E-state index is 0.0515. The first-order chi connectivity index (χ1) is 12.5. The summed E-state index contributed by atoms with van der Waals surface area (Å²) in [6, 6.07) is 5.12. The van der Waals surface area contributed by atoms with Gasteiger partial charge in [-0.15, -0.1) is 0 Å². The van der Waals surface area contributed by atoms with Crippen LogP contribution in [0.1, 0.15) is 35.2 Å². The van der Waals surface area contributed by atoms with E-state index in [-0.39, 0.29) is 11.6 Å². The predicted molar refractivity (Wildman–Crippen MR) is 94.5 cm³/mol. The molecule has 1 unspecified atom stereocenters. The molecule has 3 aromatic rings. The summed E-state index contributed by atoms with van der Waals surface area (Å²) in [7, 11) is 0. The molecule has 2 aromatic heterocycles. The summed E-state index contributed by atoms with van der Waals surface area (Å²) in [6.07, 6.45) is 0. The molecule has 0 fully saturated rings. The maximum atomic E-state index is 12.6. The van der Waals surface area contributed by atoms with Crippen LogP contribution in [0.25, 0.3) is 0 Å². The van der Waals surface area contributed by atoms with E-state index in [1.54, 1.807) is 18.2 Å². The summed E-state index contributed by atoms with van der Waals surface area (Å²) in [5, 5.41) is 20.8. The SMILES string of the molecule is CCOc1cccc(C2c3c(n[nH]c3C)Nc3[nH]c(=O)[nH]c(=O)c32)c1O. The Hall–Kier alpha value is -3.49. The second-order valence-electron chi connectivity index (χ2n) is 5.99. The van der Waals surface area contributed by atoms with Crippen molar-refractivity contribution in [1.29, 1.82) is 0 Å². The van der Waals surface area contributed by atoms with Gasteiger partial charge in [-0.05, 0) is 19.9 Å². The molecule has 0 saturated heterocycles. The zero-order chi connectivity index (χ0) is 18.4. The fourth-order valence-corrected chi connectivity index (χ4v) is 3.37. The number of aromatic nitrogens is 4. The van der Waals surface area contributed by atoms with E-state index in [9.17, 15) is 14.7 Å². The van der Waals surface area contributed by atoms with Crippen LogP contribution in [0.2, 0.25) is 0 Å². The average Bonchev–Trinajstić information content (AvgIpc) is 2.96. The molecule has 5 N–H and O–H groups in total. The van der Waals surface area contributed by atoms with Gasteiger partial charge in [0.1, 0.15) is 5.82 Å². The quantitative estimate of drug-likeness (QED) is 0.377. The van der Waals surface area contributed by atoms with Crippen molar-refractivity contribution < 1.29 is 9.84 Å². The number of ether oxygens (including phenoxy) is 1. The molecule has 0 radical (unpaired) electrons. The third-order valence-corrected chi connectivity index (χ3v) is 4.44. The average molecular weight is 355 g/mol. The van der Waals surface area contributed by atoms with Crippen LogP contribution >= 0.6 is 0 Å². The molecule has 9 nitrogen and oxygen atoms in total. The summed E-state index contributed by atoms with van der Waals surface area (Å²) in [6.45, 7) is 4.04. The van der Waals surface area contributed by atoms with Crippen LogP contribution in [0.15, 0.2) is 27.8 Å². The van der Waals surface area contributed by atoms with E-state index in [0.717, 1.165) is 11.3 Å². The molecule has 1 aliphatic rings. The number of phenols is 1. The molecule has 0 bridgehead atoms. The lowest BCUT2D eigenvalue weighted by molar-refractivity contribution is 0.316. The number of hydrogen-bond donors (Lipinski definition) is 5. The van der Waals surface area contributed by atoms with Crippen molar-refractivity contribution in [2.75, 3.05) is 11.9 Å². The minimum Gasteiger partial charge on any atom is -0.504 e. The van der Waals surface area contributed by atoms with Crippen LogP contribution in [0.3, 0.4) is 0 Å². The molecular formula is C17H17N5O4. The lowest BCUT2D eigenvalue weighted by Crippen LogP contribution is -2.31. The first-order valence-corrected chi connectivity index (χ1v) is 8.14. The highest BCUT2D eigenvalue weighted by molar-refractivity contribution is 5.72. The van der Waals surface area contributed by atoms with Crippen molar-refractivity contribution in [1.82, 2.24) is 20.2 Å². The van der Waals surface area contributed by atoms with Crippen LogP contribution in [0.4, 0.5) is 11.6 Å². The number of nitrogens with zero attached hydrogens (tertiary/aromatic N) is 1. The Morgan fingerprint density at radius 1 is 1.23 bits per heavy atom. The van der Waals surface area contributed by atoms with Gasteiger partial charge in [-0.3, -0.25) is 19.9 Å². The number of hydrogen-bond acceptors (Lipinski definition) is 6. The molecule has 4 rings (SSSR count). The van der Waals surface area contributed by atoms with E-state index < -0.39 is 17.2 Å². The summed E-state index contributed by atoms with van der Waals surface area (Å²) < 4.78 is 5.47. The molecule has 1 aromatic carbocycles. The van der Waals surface area contributed by atoms with Crippen LogP contribution in [-0.2, 0) is 0 Å². The fourth-order valence-electron chi connectivity index (χ4n) is 3.37. The molecule has 1 atom stereocenters. The van der Waals surface area contributed by atoms with Crippen LogP contribution in [0.5, 0.6) is 11.5 Å². The Morgan fingerprint density at radius 2 is 2.04 bits per heavy atom. The zero-order valence-corrected chi connectivity index (χ0v) is 14.1. The third kappa shape index (κ3) is 2.28. The molecule has 0 saturated carbocycles. The van der Waals surface area contributed by atoms with E-state index in [2.05, 4.69) is 25.5 Å². The van der Waals surface area contributed by atoms with Gasteiger partial charge in [-0.2, -0.15) is 5.10 Å². The van der Waals surface area contributed by atoms with Gasteiger partial charge in [0.05, 0.1) is 18.1 Å². The normalized spacial score (nSPS) is 15.1. The molecule has 9 heteroatoms. The Bertz CT molecular complexity index is 1110. The van der Waals surface area contributed by atoms with Crippen molar-refractivity contribution in [3.05, 3.63) is 61.4 Å². The van der Waals surface area contributed by atoms with Gasteiger partial charge < -0.3 is 15.2 Å². The van der Waals surface area contributed by atoms with Gasteiger partial charge in [0.25, 0.3) is 5.56 Å². The van der Waals surface area contributed by atoms with Gasteiger partial charge in [0.15, 0.2) is 17.3 Å². The van der Waals surface area contributed by atoms with Gasteiger partial charge in [0.2, 0.25) is 0 Å². The first kappa shape index (κ1) is 16.0. The van der Waals surface area contributed by atoms with Crippen molar-refractivity contribution in [3.63, 3.8) is 0 Å². The molecule has 0 aliphatic carbocycles. The first-order valence-electron chi connectivity index (χ1n) is 8.14. The standard InChI is InChI=1S/C17H17N5O4/c1-3-26-9-6-4-5-8(13(9)23)11-10-7(2)21-22-15(10)18-14-12(11)16(24)20-17(25)19-14/h4-6,11,23H,3H2,1-2H3,(H4,18,19,20,21,22,24,25). The molecule has 1 aliphatic heterocycles. The lowest BCUT2D eigenvalue weighted by Gasteiger charge is -2.26. The number of rotatable bonds is 3. The molecular weight excluding hydrogens is 338 g/mol. The highest BCUT2D eigenvalue weighted by Crippen LogP contribution is 2.47. The van der Waals surface area contributed by atoms with Crippen molar-refractivity contribution in [3.8, 4) is 11.5 Å². The highest BCUT2D eigenvalue weighted by Gasteiger charge is 2.35. The Morgan fingerprint density at radius 3 is 2.81 bits per heavy atom. The lowest BCUT2D eigenvalue weighted by atomic mass is 9.83. The van der Waals surface area contributed by atoms with Crippen LogP contribution in [-0.4, -0.2) is 31.9 Å². The van der Waals surface area contributed by atoms with Crippen molar-refractivity contribution >= 4 is 11.6 Å². The second kappa shape index (κ2) is 5.80. The number of anilines is 2. The topological polar surface area (TPSA) is 136 Å². The summed E-state index contributed by atoms with van der Waals surface area (Å²) in [5.41, 5.74) is 1.10. The number of benzene rings is 1. The maximum Gasteiger partial charge on any atom is 0.327 e. The smallest absolute Gasteiger partial charge is 0.327 e. The monoisotopic (exact) mass is 355 g/mol. The molecule has 26 heavy (non-hydrogen) atoms. The largest absolute Gasteiger partial charge is 0.504 e. The fraction of sp³-hybridized carbons (Fsp3) is 0.235. The van der Waals surface area contributed by atoms with E-state index in [1.807, 2.05) is 13.8 Å².